The Kier molecular flexibility index (Phi) is 8.52. The second-order valence-corrected chi connectivity index (χ2v) is 13.0. The largest absolute Gasteiger partial charge is 0.343 e. The predicted octanol–water partition coefficient (Wildman–Crippen LogP) is 4.54. The predicted molar refractivity (Wildman–Crippen MR) is 174 cm³/mol. The van der Waals surface area contributed by atoms with E-state index in [-0.39, 0.29) is 40.5 Å². The van der Waals surface area contributed by atoms with E-state index in [1.807, 2.05) is 31.1 Å². The minimum atomic E-state index is -0.628. The molecule has 6 rings (SSSR count). The summed E-state index contributed by atoms with van der Waals surface area (Å²) in [4.78, 5) is 48.9. The smallest absolute Gasteiger partial charge is 0.290 e. The molecule has 0 radical (unpaired) electrons. The summed E-state index contributed by atoms with van der Waals surface area (Å²) >= 11 is 1.47. The number of piperazine rings is 1. The molecule has 12 heteroatoms. The highest BCUT2D eigenvalue weighted by atomic mass is 32.1. The standard InChI is InChI=1S/C33H36FN7O3S/c1-19-9-11-22(29(34)30(19)37-31(42)27-16-21-7-5-6-8-26(21)45-27)23-17-24(32(43)41(4)38-23)36-28-12-10-20(18-35-28)15-25-33(44)40(3)14-13-39(25)2/h9-12,16-18,25H,5-8,13-15H2,1-4H3,(H,35,36)(H,37,42)/t25-/m1/s1. The first kappa shape index (κ1) is 30.6. The average Bonchev–Trinajstić information content (AvgIpc) is 3.47. The first-order chi connectivity index (χ1) is 21.6. The first-order valence-electron chi connectivity index (χ1n) is 15.1. The maximum absolute atomic E-state index is 16.0. The van der Waals surface area contributed by atoms with E-state index in [1.165, 1.54) is 34.9 Å². The Bertz CT molecular complexity index is 1810. The normalized spacial score (nSPS) is 16.9. The second-order valence-electron chi connectivity index (χ2n) is 11.8. The van der Waals surface area contributed by atoms with Gasteiger partial charge in [0, 0.05) is 43.8 Å². The summed E-state index contributed by atoms with van der Waals surface area (Å²) in [6.07, 6.45) is 6.38. The van der Waals surface area contributed by atoms with Crippen molar-refractivity contribution in [3.8, 4) is 11.3 Å². The summed E-state index contributed by atoms with van der Waals surface area (Å²) < 4.78 is 17.2. The number of halogens is 1. The molecule has 0 saturated carbocycles. The highest BCUT2D eigenvalue weighted by Crippen LogP contribution is 2.33. The third-order valence-corrected chi connectivity index (χ3v) is 9.88. The minimum Gasteiger partial charge on any atom is -0.343 e. The lowest BCUT2D eigenvalue weighted by Gasteiger charge is -2.36. The summed E-state index contributed by atoms with van der Waals surface area (Å²) in [5.74, 6) is -0.470. The van der Waals surface area contributed by atoms with E-state index in [2.05, 4.69) is 20.7 Å². The average molecular weight is 630 g/mol. The molecule has 1 aromatic carbocycles. The third-order valence-electron chi connectivity index (χ3n) is 8.65. The van der Waals surface area contributed by atoms with Crippen molar-refractivity contribution in [2.45, 2.75) is 45.1 Å². The van der Waals surface area contributed by atoms with Crippen molar-refractivity contribution in [1.29, 1.82) is 0 Å². The number of hydrogen-bond donors (Lipinski definition) is 2. The number of carbonyl (C=O) groups excluding carboxylic acids is 2. The van der Waals surface area contributed by atoms with Crippen LogP contribution in [0, 0.1) is 12.7 Å². The number of anilines is 3. The fourth-order valence-corrected chi connectivity index (χ4v) is 7.02. The van der Waals surface area contributed by atoms with E-state index in [0.29, 0.717) is 29.2 Å². The number of fused-ring (bicyclic) bond motifs is 1. The molecule has 1 saturated heterocycles. The van der Waals surface area contributed by atoms with Crippen LogP contribution in [0.4, 0.5) is 21.6 Å². The van der Waals surface area contributed by atoms with Crippen molar-refractivity contribution < 1.29 is 14.0 Å². The van der Waals surface area contributed by atoms with Gasteiger partial charge in [0.1, 0.15) is 11.5 Å². The topological polar surface area (TPSA) is 112 Å². The SMILES string of the molecule is Cc1ccc(-c2cc(Nc3ccc(C[C@@H]4C(=O)N(C)CCN4C)cn3)c(=O)n(C)n2)c(F)c1NC(=O)c1cc2c(s1)CCCC2. The fraction of sp³-hybridized carbons (Fsp3) is 0.364. The molecule has 4 aromatic rings. The molecule has 0 bridgehead atoms. The Balaban J connectivity index is 1.22. The Labute approximate surface area is 264 Å². The number of nitrogens with zero attached hydrogens (tertiary/aromatic N) is 5. The van der Waals surface area contributed by atoms with Crippen LogP contribution in [0.25, 0.3) is 11.3 Å². The molecule has 1 atom stereocenters. The van der Waals surface area contributed by atoms with Crippen LogP contribution in [-0.4, -0.2) is 69.6 Å². The summed E-state index contributed by atoms with van der Waals surface area (Å²) in [7, 11) is 5.25. The molecule has 1 aliphatic heterocycles. The van der Waals surface area contributed by atoms with Crippen LogP contribution in [0.3, 0.4) is 0 Å². The monoisotopic (exact) mass is 629 g/mol. The molecule has 4 heterocycles. The van der Waals surface area contributed by atoms with E-state index in [4.69, 9.17) is 0 Å². The number of aromatic nitrogens is 3. The highest BCUT2D eigenvalue weighted by molar-refractivity contribution is 7.14. The van der Waals surface area contributed by atoms with Crippen LogP contribution in [0.15, 0.2) is 47.4 Å². The van der Waals surface area contributed by atoms with E-state index in [9.17, 15) is 14.4 Å². The van der Waals surface area contributed by atoms with Gasteiger partial charge >= 0.3 is 0 Å². The van der Waals surface area contributed by atoms with Gasteiger partial charge in [-0.15, -0.1) is 11.3 Å². The lowest BCUT2D eigenvalue weighted by atomic mass is 9.99. The zero-order chi connectivity index (χ0) is 31.8. The number of nitrogens with one attached hydrogen (secondary N) is 2. The van der Waals surface area contributed by atoms with Gasteiger partial charge in [0.05, 0.1) is 22.3 Å². The van der Waals surface area contributed by atoms with E-state index in [1.54, 1.807) is 36.2 Å². The summed E-state index contributed by atoms with van der Waals surface area (Å²) in [6, 6.07) is 10.1. The van der Waals surface area contributed by atoms with Gasteiger partial charge < -0.3 is 15.5 Å². The number of amides is 2. The highest BCUT2D eigenvalue weighted by Gasteiger charge is 2.30. The fourth-order valence-electron chi connectivity index (χ4n) is 5.87. The Morgan fingerprint density at radius 3 is 2.62 bits per heavy atom. The van der Waals surface area contributed by atoms with Crippen LogP contribution in [0.1, 0.15) is 44.1 Å². The molecule has 1 fully saturated rings. The van der Waals surface area contributed by atoms with Gasteiger partial charge in [0.15, 0.2) is 5.82 Å². The quantitative estimate of drug-likeness (QED) is 0.309. The number of pyridine rings is 1. The number of thiophene rings is 1. The second kappa shape index (κ2) is 12.5. The van der Waals surface area contributed by atoms with Crippen molar-refractivity contribution >= 4 is 40.3 Å². The molecule has 1 aliphatic carbocycles. The molecule has 0 unspecified atom stereocenters. The number of hydrogen-bond acceptors (Lipinski definition) is 8. The van der Waals surface area contributed by atoms with Crippen molar-refractivity contribution in [2.75, 3.05) is 37.8 Å². The number of carbonyl (C=O) groups is 2. The maximum Gasteiger partial charge on any atom is 0.290 e. The van der Waals surface area contributed by atoms with Crippen molar-refractivity contribution in [2.24, 2.45) is 7.05 Å². The van der Waals surface area contributed by atoms with Crippen LogP contribution in [0.2, 0.25) is 0 Å². The molecule has 2 aliphatic rings. The summed E-state index contributed by atoms with van der Waals surface area (Å²) in [5, 5.41) is 10.1. The summed E-state index contributed by atoms with van der Waals surface area (Å²) in [6.45, 7) is 3.24. The maximum atomic E-state index is 16.0. The molecule has 2 amide bonds. The molecule has 234 valence electrons. The Morgan fingerprint density at radius 1 is 1.07 bits per heavy atom. The van der Waals surface area contributed by atoms with Gasteiger partial charge in [-0.25, -0.2) is 14.1 Å². The van der Waals surface area contributed by atoms with Gasteiger partial charge in [0.25, 0.3) is 11.5 Å². The minimum absolute atomic E-state index is 0.0788. The van der Waals surface area contributed by atoms with Gasteiger partial charge in [-0.1, -0.05) is 12.1 Å². The molecule has 10 nitrogen and oxygen atoms in total. The number of aryl methyl sites for hydroxylation is 4. The van der Waals surface area contributed by atoms with Gasteiger partial charge in [-0.05, 0) is 87.0 Å². The van der Waals surface area contributed by atoms with Gasteiger partial charge in [-0.3, -0.25) is 19.3 Å². The van der Waals surface area contributed by atoms with Crippen LogP contribution in [0.5, 0.6) is 0 Å². The van der Waals surface area contributed by atoms with E-state index < -0.39 is 11.4 Å². The lowest BCUT2D eigenvalue weighted by molar-refractivity contribution is -0.139. The van der Waals surface area contributed by atoms with Crippen molar-refractivity contribution in [3.63, 3.8) is 0 Å². The van der Waals surface area contributed by atoms with Crippen molar-refractivity contribution in [1.82, 2.24) is 24.6 Å². The zero-order valence-corrected chi connectivity index (χ0v) is 26.6. The molecule has 2 N–H and O–H groups in total. The Morgan fingerprint density at radius 2 is 1.87 bits per heavy atom. The molecule has 3 aromatic heterocycles. The number of benzene rings is 1. The molecule has 45 heavy (non-hydrogen) atoms. The van der Waals surface area contributed by atoms with Crippen LogP contribution < -0.4 is 16.2 Å². The molecular weight excluding hydrogens is 593 g/mol. The van der Waals surface area contributed by atoms with E-state index in [0.717, 1.165) is 42.5 Å². The first-order valence-corrected chi connectivity index (χ1v) is 15.9. The van der Waals surface area contributed by atoms with Crippen LogP contribution >= 0.6 is 11.3 Å². The zero-order valence-electron chi connectivity index (χ0n) is 25.8. The number of rotatable bonds is 7. The molecule has 0 spiro atoms. The third kappa shape index (κ3) is 6.25. The van der Waals surface area contributed by atoms with Gasteiger partial charge in [-0.2, -0.15) is 5.10 Å². The molecular formula is C33H36FN7O3S. The lowest BCUT2D eigenvalue weighted by Crippen LogP contribution is -2.54. The Hall–Kier alpha value is -4.42. The summed E-state index contributed by atoms with van der Waals surface area (Å²) in [5.41, 5.74) is 2.88. The van der Waals surface area contributed by atoms with Crippen LogP contribution in [-0.2, 0) is 31.1 Å². The van der Waals surface area contributed by atoms with Gasteiger partial charge in [0.2, 0.25) is 5.91 Å². The van der Waals surface area contributed by atoms with E-state index >= 15 is 4.39 Å². The van der Waals surface area contributed by atoms with Crippen molar-refractivity contribution in [3.05, 3.63) is 85.2 Å². The number of likely N-dealkylation sites (N-methyl/N-ethyl adjacent to an activating group) is 2.